The predicted molar refractivity (Wildman–Crippen MR) is 551 cm³/mol. The lowest BCUT2D eigenvalue weighted by Crippen LogP contribution is -2.30. The number of rotatable bonds is 15. The maximum absolute atomic E-state index is 13.3. The number of carboxylic acid groups (broad SMARTS) is 1. The molecule has 0 saturated carbocycles. The molecule has 0 spiro atoms. The number of allylic oxidation sites excluding steroid dienone is 1. The molecule has 0 fully saturated rings. The summed E-state index contributed by atoms with van der Waals surface area (Å²) in [6.45, 7) is 17.2. The van der Waals surface area contributed by atoms with Crippen LogP contribution in [0.5, 0.6) is 0 Å². The highest BCUT2D eigenvalue weighted by molar-refractivity contribution is 6.62. The Bertz CT molecular complexity index is 7350. The van der Waals surface area contributed by atoms with Crippen LogP contribution in [0.3, 0.4) is 0 Å². The number of amides is 1. The lowest BCUT2D eigenvalue weighted by molar-refractivity contribution is -0.0687. The number of carboxylic acids is 1. The van der Waals surface area contributed by atoms with Gasteiger partial charge in [-0.2, -0.15) is 13.2 Å². The molecule has 1 amide bonds. The molecule has 5 aliphatic heterocycles. The van der Waals surface area contributed by atoms with Gasteiger partial charge in [-0.3, -0.25) is 4.79 Å². The van der Waals surface area contributed by atoms with Crippen LogP contribution in [0.1, 0.15) is 176 Å². The van der Waals surface area contributed by atoms with Crippen molar-refractivity contribution in [1.82, 2.24) is 22.9 Å². The van der Waals surface area contributed by atoms with Crippen molar-refractivity contribution < 1.29 is 86.0 Å². The van der Waals surface area contributed by atoms with E-state index in [1.165, 1.54) is 20.4 Å². The van der Waals surface area contributed by atoms with Gasteiger partial charge in [0.1, 0.15) is 17.1 Å². The van der Waals surface area contributed by atoms with Crippen molar-refractivity contribution in [2.45, 2.75) is 115 Å². The van der Waals surface area contributed by atoms with Crippen LogP contribution in [-0.2, 0) is 74.4 Å². The SMILES string of the molecule is C=C(c1cc(Cl)c(Cl)c(Cl)c1)C(F)(F)F.CC1(C)OB(O)c2cc(CN)ccc21.CC1(C)OB(O)c2cc(CNC(=O)c3ccc(C4=NOC(C)(c5cc(Cl)c(Cl)c(Cl)c5)C4)n4cccc34)ccc21.CC1(c2cc(Cl)c(Cl)c(Cl)c2)CC(c2ccc(C(=O)O)c3cccn23)=NO1.COC(=O)c1ccc(/C=N/O)n2cccc12.COC(=O)c1ccc(C2=NOC(C)(c3cc(Cl)c(Cl)c(Cl)c3)C2)n2cccc12.Cl. The van der Waals surface area contributed by atoms with E-state index in [0.29, 0.717) is 117 Å². The van der Waals surface area contributed by atoms with Crippen molar-refractivity contribution in [2.24, 2.45) is 26.4 Å². The first-order valence-corrected chi connectivity index (χ1v) is 46.8. The normalized spacial score (nSPS) is 17.3. The average molecular weight is 2180 g/mol. The first-order chi connectivity index (χ1) is 66.1. The maximum atomic E-state index is 13.3. The monoisotopic (exact) mass is 2170 g/mol. The summed E-state index contributed by atoms with van der Waals surface area (Å²) in [7, 11) is 0.904. The standard InChI is InChI=1S/C29H25BCl3N3O4.C20H15Cl3N2O3.C19H13Cl3N2O3.C11H10N2O3.C10H14BNO2.C9H4Cl3F3.ClH/c1-28(2)19-8-6-16(11-20(19)30(38)39-28)15-34-27(37)18-7-9-25(36-10-4-5-24(18)36)23-14-29(3,40-35-23)17-12-21(31)26(33)22(32)13-17;1-20(11-8-13(21)18(23)14(22)9-11)10-15(24-28-20)17-6-5-12(19(26)27-2)16-4-3-7-25(16)17;1-19(10-7-12(20)17(22)13(21)8-10)9-14(23-27-19)16-5-4-11(18(25)26)15-3-2-6-24(15)16;1-16-11(14)9-5-4-8(7-12-15)13-6-2-3-10(9)13;1-10(2)8-4-3-7(6-12)5-9(8)11(13)14-10;1-4(9(13,14)15)5-2-6(10)8(12)7(11)3-5;/h4-13,38H,14-15H2,1-3H3,(H,34,37);3-9H,10H2,1-2H3;2-8H,9H2,1H3,(H,25,26);2-7,15H,1H3;3-5,13H,6,12H2,1-2H3;2-3H,1H2;1H/b;;;12-7+;;;. The third kappa shape index (κ3) is 22.6. The van der Waals surface area contributed by atoms with Crippen LogP contribution in [-0.4, -0.2) is 120 Å². The van der Waals surface area contributed by atoms with E-state index in [1.54, 1.807) is 118 Å². The number of hydrogen-bond donors (Lipinski definition) is 6. The number of hydrogen-bond acceptors (Lipinski definition) is 19. The summed E-state index contributed by atoms with van der Waals surface area (Å²) in [5, 5.41) is 59.7. The first kappa shape index (κ1) is 108. The van der Waals surface area contributed by atoms with E-state index < -0.39 is 71.9 Å². The third-order valence-corrected chi connectivity index (χ3v) is 28.6. The highest BCUT2D eigenvalue weighted by Gasteiger charge is 2.45. The van der Waals surface area contributed by atoms with Gasteiger partial charge in [0.05, 0.1) is 165 Å². The number of oxime groups is 4. The number of halogens is 16. The second kappa shape index (κ2) is 43.5. The van der Waals surface area contributed by atoms with E-state index in [-0.39, 0.29) is 44.5 Å². The first-order valence-electron chi connectivity index (χ1n) is 42.2. The number of esters is 2. The molecule has 7 N–H and O–H groups in total. The van der Waals surface area contributed by atoms with E-state index in [1.807, 2.05) is 142 Å². The molecule has 6 aromatic carbocycles. The molecule has 5 aliphatic rings. The fourth-order valence-electron chi connectivity index (χ4n) is 16.4. The van der Waals surface area contributed by atoms with Crippen LogP contribution in [0.2, 0.25) is 60.3 Å². The Balaban J connectivity index is 0.000000148. The van der Waals surface area contributed by atoms with Gasteiger partial charge in [0.25, 0.3) is 5.91 Å². The number of ether oxygens (including phenoxy) is 2. The Morgan fingerprint density at radius 1 is 0.482 bits per heavy atom. The summed E-state index contributed by atoms with van der Waals surface area (Å²) in [6, 6.07) is 52.6. The van der Waals surface area contributed by atoms with Crippen LogP contribution in [0.4, 0.5) is 13.2 Å². The molecule has 0 saturated heterocycles. The maximum Gasteiger partial charge on any atom is 0.492 e. The van der Waals surface area contributed by atoms with E-state index in [2.05, 4.69) is 37.3 Å². The molecule has 0 radical (unpaired) electrons. The minimum Gasteiger partial charge on any atom is -0.478 e. The lowest BCUT2D eigenvalue weighted by Gasteiger charge is -2.23. The number of aromatic nitrogens is 4. The van der Waals surface area contributed by atoms with E-state index in [0.717, 1.165) is 102 Å². The van der Waals surface area contributed by atoms with Crippen molar-refractivity contribution in [1.29, 1.82) is 0 Å². The van der Waals surface area contributed by atoms with Crippen LogP contribution in [0.25, 0.3) is 27.6 Å². The number of methoxy groups -OCH3 is 2. The highest BCUT2D eigenvalue weighted by atomic mass is 35.5. The molecule has 3 unspecified atom stereocenters. The molecule has 25 nitrogen and oxygen atoms in total. The Kier molecular flexibility index (Phi) is 33.2. The van der Waals surface area contributed by atoms with Crippen LogP contribution in [0.15, 0.2) is 234 Å². The van der Waals surface area contributed by atoms with Gasteiger partial charge in [0, 0.05) is 73.8 Å². The summed E-state index contributed by atoms with van der Waals surface area (Å²) in [5.74, 6) is -1.98. The second-order valence-electron chi connectivity index (χ2n) is 33.9. The number of nitrogens with zero attached hydrogens (tertiary/aromatic N) is 8. The van der Waals surface area contributed by atoms with Crippen molar-refractivity contribution in [3.8, 4) is 0 Å². The van der Waals surface area contributed by atoms with Crippen molar-refractivity contribution in [3.05, 3.63) is 363 Å². The summed E-state index contributed by atoms with van der Waals surface area (Å²) in [6.07, 6.45) is 5.53. The van der Waals surface area contributed by atoms with E-state index >= 15 is 0 Å². The largest absolute Gasteiger partial charge is 0.492 e. The number of aromatic carboxylic acids is 1. The Morgan fingerprint density at radius 2 is 0.809 bits per heavy atom. The van der Waals surface area contributed by atoms with Gasteiger partial charge in [-0.25, -0.2) is 14.4 Å². The zero-order valence-electron chi connectivity index (χ0n) is 75.6. The van der Waals surface area contributed by atoms with E-state index in [9.17, 15) is 47.5 Å². The van der Waals surface area contributed by atoms with Gasteiger partial charge in [-0.05, 0) is 233 Å². The Morgan fingerprint density at radius 3 is 1.17 bits per heavy atom. The smallest absolute Gasteiger partial charge is 0.478 e. The molecule has 0 aliphatic carbocycles. The predicted octanol–water partition coefficient (Wildman–Crippen LogP) is 24.5. The van der Waals surface area contributed by atoms with Gasteiger partial charge in [-0.15, -0.1) is 12.4 Å². The molecule has 14 aromatic rings. The van der Waals surface area contributed by atoms with Gasteiger partial charge in [0.15, 0.2) is 16.8 Å². The average Bonchev–Trinajstić information content (AvgIpc) is 1.62. The number of benzene rings is 6. The number of nitrogens with two attached hydrogens (primary N) is 1. The summed E-state index contributed by atoms with van der Waals surface area (Å²) in [4.78, 5) is 65.6. The van der Waals surface area contributed by atoms with Crippen molar-refractivity contribution in [3.63, 3.8) is 0 Å². The fourth-order valence-corrected chi connectivity index (χ4v) is 18.8. The molecular formula is C98H82B2Cl13F3N10O15. The lowest BCUT2D eigenvalue weighted by atomic mass is 9.77. The molecule has 13 heterocycles. The summed E-state index contributed by atoms with van der Waals surface area (Å²) >= 11 is 72.2. The van der Waals surface area contributed by atoms with Crippen LogP contribution < -0.4 is 22.0 Å². The van der Waals surface area contributed by atoms with Gasteiger partial charge >= 0.3 is 38.3 Å². The fraction of sp³-hybridized carbons (Fsp3) is 0.204. The minimum atomic E-state index is -4.51. The molecule has 732 valence electrons. The zero-order valence-corrected chi connectivity index (χ0v) is 85.5. The summed E-state index contributed by atoms with van der Waals surface area (Å²) < 4.78 is 64.8. The molecular weight excluding hydrogens is 2100 g/mol. The number of nitrogens with one attached hydrogen (secondary N) is 1. The van der Waals surface area contributed by atoms with Gasteiger partial charge in [0.2, 0.25) is 0 Å². The molecule has 3 atom stereocenters. The molecule has 8 aromatic heterocycles. The number of carbonyl (C=O) groups excluding carboxylic acids is 3. The Hall–Kier alpha value is -10.7. The van der Waals surface area contributed by atoms with Crippen molar-refractivity contribution in [2.75, 3.05) is 14.2 Å². The topological polar surface area (TPSA) is 319 Å². The highest BCUT2D eigenvalue weighted by Crippen LogP contribution is 2.47. The summed E-state index contributed by atoms with van der Waals surface area (Å²) in [5.41, 5.74) is 18.5. The molecule has 141 heavy (non-hydrogen) atoms. The molecule has 0 bridgehead atoms. The third-order valence-electron chi connectivity index (χ3n) is 23.8. The Labute approximate surface area is 872 Å². The van der Waals surface area contributed by atoms with Gasteiger partial charge in [-0.1, -0.05) is 203 Å². The minimum absolute atomic E-state index is 0. The van der Waals surface area contributed by atoms with Crippen LogP contribution >= 0.6 is 152 Å². The number of alkyl halides is 3. The van der Waals surface area contributed by atoms with Crippen LogP contribution in [0, 0.1) is 0 Å². The van der Waals surface area contributed by atoms with Gasteiger partial charge < -0.3 is 82.3 Å². The molecule has 19 rings (SSSR count). The number of carbonyl (C=O) groups is 4. The zero-order chi connectivity index (χ0) is 101. The van der Waals surface area contributed by atoms with Crippen molar-refractivity contribution >= 4 is 252 Å². The van der Waals surface area contributed by atoms with E-state index in [4.69, 9.17) is 179 Å². The quantitative estimate of drug-likeness (QED) is 0.0139. The molecule has 43 heteroatoms. The number of fused-ring (bicyclic) bond motifs is 6. The number of pyridine rings is 4. The second-order valence-corrected chi connectivity index (χ2v) is 38.7.